The molecule has 0 spiro atoms. The number of esters is 1. The predicted octanol–water partition coefficient (Wildman–Crippen LogP) is 3.71. The number of halogens is 1. The molecule has 4 nitrogen and oxygen atoms in total. The van der Waals surface area contributed by atoms with E-state index < -0.39 is 18.2 Å². The summed E-state index contributed by atoms with van der Waals surface area (Å²) in [5, 5.41) is 20.4. The Kier molecular flexibility index (Phi) is 7.40. The van der Waals surface area contributed by atoms with E-state index in [0.29, 0.717) is 25.7 Å². The number of carbonyl (C=O) groups excluding carboxylic acids is 1. The molecule has 0 bridgehead atoms. The van der Waals surface area contributed by atoms with Crippen molar-refractivity contribution in [3.63, 3.8) is 0 Å². The summed E-state index contributed by atoms with van der Waals surface area (Å²) < 4.78 is 18.6. The van der Waals surface area contributed by atoms with Crippen LogP contribution in [0.4, 0.5) is 4.39 Å². The number of hydrogen-bond donors (Lipinski definition) is 2. The Morgan fingerprint density at radius 1 is 1.11 bits per heavy atom. The maximum atomic E-state index is 13.0. The van der Waals surface area contributed by atoms with E-state index in [2.05, 4.69) is 12.2 Å². The predicted molar refractivity (Wildman–Crippen MR) is 105 cm³/mol. The molecule has 0 saturated heterocycles. The van der Waals surface area contributed by atoms with Gasteiger partial charge in [0.05, 0.1) is 12.2 Å². The fourth-order valence-electron chi connectivity index (χ4n) is 4.19. The molecule has 5 atom stereocenters. The van der Waals surface area contributed by atoms with Gasteiger partial charge in [0.15, 0.2) is 0 Å². The lowest BCUT2D eigenvalue weighted by Crippen LogP contribution is -2.22. The zero-order valence-electron chi connectivity index (χ0n) is 16.0. The number of aliphatic hydroxyl groups excluding tert-OH is 2. The first-order valence-electron chi connectivity index (χ1n) is 10.2. The SMILES string of the molecule is O=C1/C=C/[C@@H](O)[C@@H]2C[C@@H](O)C[C@H]2/C=C/CCC[C@H](CCc2ccc(F)cc2)O1. The summed E-state index contributed by atoms with van der Waals surface area (Å²) >= 11 is 0. The molecule has 1 heterocycles. The third-order valence-electron chi connectivity index (χ3n) is 5.74. The van der Waals surface area contributed by atoms with Gasteiger partial charge in [-0.1, -0.05) is 24.3 Å². The fourth-order valence-corrected chi connectivity index (χ4v) is 4.19. The molecular formula is C23H29FO4. The Balaban J connectivity index is 1.63. The highest BCUT2D eigenvalue weighted by atomic mass is 19.1. The van der Waals surface area contributed by atoms with Crippen LogP contribution in [0.1, 0.15) is 44.1 Å². The highest BCUT2D eigenvalue weighted by Crippen LogP contribution is 2.36. The average Bonchev–Trinajstić information content (AvgIpc) is 3.05. The van der Waals surface area contributed by atoms with E-state index in [1.165, 1.54) is 24.3 Å². The monoisotopic (exact) mass is 388 g/mol. The van der Waals surface area contributed by atoms with Gasteiger partial charge in [0.1, 0.15) is 11.9 Å². The second kappa shape index (κ2) is 9.99. The number of rotatable bonds is 3. The quantitative estimate of drug-likeness (QED) is 0.612. The van der Waals surface area contributed by atoms with E-state index in [4.69, 9.17) is 4.74 Å². The molecule has 152 valence electrons. The van der Waals surface area contributed by atoms with Gasteiger partial charge in [0, 0.05) is 6.08 Å². The van der Waals surface area contributed by atoms with E-state index in [1.807, 2.05) is 0 Å². The van der Waals surface area contributed by atoms with Crippen LogP contribution in [0.3, 0.4) is 0 Å². The van der Waals surface area contributed by atoms with Crippen LogP contribution in [0.5, 0.6) is 0 Å². The zero-order valence-corrected chi connectivity index (χ0v) is 16.0. The van der Waals surface area contributed by atoms with Crippen molar-refractivity contribution in [1.29, 1.82) is 0 Å². The fraction of sp³-hybridized carbons (Fsp3) is 0.522. The minimum atomic E-state index is -0.780. The summed E-state index contributed by atoms with van der Waals surface area (Å²) in [4.78, 5) is 12.2. The zero-order chi connectivity index (χ0) is 19.9. The number of carbonyl (C=O) groups is 1. The lowest BCUT2D eigenvalue weighted by Gasteiger charge is -2.19. The van der Waals surface area contributed by atoms with Gasteiger partial charge >= 0.3 is 5.97 Å². The topological polar surface area (TPSA) is 66.8 Å². The van der Waals surface area contributed by atoms with Gasteiger partial charge in [-0.05, 0) is 80.6 Å². The summed E-state index contributed by atoms with van der Waals surface area (Å²) in [5.74, 6) is -0.665. The van der Waals surface area contributed by atoms with Crippen molar-refractivity contribution in [1.82, 2.24) is 0 Å². The molecule has 0 radical (unpaired) electrons. The number of fused-ring (bicyclic) bond motifs is 1. The standard InChI is InChI=1S/C23H29FO4/c24-18-9-6-16(7-10-18)8-11-20-5-3-1-2-4-17-14-19(25)15-21(17)22(26)12-13-23(27)28-20/h2,4,6-7,9-10,12-13,17,19-22,25-26H,1,3,5,8,11,14-15H2/b4-2+,13-12+/t17-,19+,20-,21-,22-/m1/s1. The minimum absolute atomic E-state index is 0.0784. The van der Waals surface area contributed by atoms with Crippen molar-refractivity contribution in [3.8, 4) is 0 Å². The van der Waals surface area contributed by atoms with Gasteiger partial charge in [0.25, 0.3) is 0 Å². The van der Waals surface area contributed by atoms with E-state index >= 15 is 0 Å². The third kappa shape index (κ3) is 6.01. The van der Waals surface area contributed by atoms with Crippen LogP contribution in [-0.2, 0) is 16.0 Å². The second-order valence-corrected chi connectivity index (χ2v) is 7.89. The van der Waals surface area contributed by atoms with Crippen LogP contribution in [0.15, 0.2) is 48.6 Å². The Bertz CT molecular complexity index is 697. The lowest BCUT2D eigenvalue weighted by molar-refractivity contribution is -0.143. The van der Waals surface area contributed by atoms with Gasteiger partial charge < -0.3 is 14.9 Å². The van der Waals surface area contributed by atoms with Gasteiger partial charge in [-0.3, -0.25) is 0 Å². The molecule has 2 aliphatic rings. The van der Waals surface area contributed by atoms with Crippen LogP contribution in [-0.4, -0.2) is 34.5 Å². The molecule has 1 aromatic carbocycles. The van der Waals surface area contributed by atoms with Crippen LogP contribution in [0.2, 0.25) is 0 Å². The Morgan fingerprint density at radius 2 is 1.89 bits per heavy atom. The summed E-state index contributed by atoms with van der Waals surface area (Å²) in [5.41, 5.74) is 1.01. The summed E-state index contributed by atoms with van der Waals surface area (Å²) in [6.45, 7) is 0. The van der Waals surface area contributed by atoms with Crippen LogP contribution in [0.25, 0.3) is 0 Å². The van der Waals surface area contributed by atoms with Gasteiger partial charge in [-0.2, -0.15) is 0 Å². The molecule has 1 aromatic rings. The Labute approximate surface area is 165 Å². The van der Waals surface area contributed by atoms with E-state index in [0.717, 1.165) is 24.8 Å². The molecule has 1 aliphatic carbocycles. The molecule has 5 heteroatoms. The maximum Gasteiger partial charge on any atom is 0.330 e. The molecular weight excluding hydrogens is 359 g/mol. The smallest absolute Gasteiger partial charge is 0.330 e. The maximum absolute atomic E-state index is 13.0. The van der Waals surface area contributed by atoms with E-state index in [1.54, 1.807) is 12.1 Å². The molecule has 1 fully saturated rings. The number of aryl methyl sites for hydroxylation is 1. The summed E-state index contributed by atoms with van der Waals surface area (Å²) in [6, 6.07) is 6.38. The summed E-state index contributed by atoms with van der Waals surface area (Å²) in [7, 11) is 0. The molecule has 28 heavy (non-hydrogen) atoms. The van der Waals surface area contributed by atoms with E-state index in [-0.39, 0.29) is 23.8 Å². The molecule has 1 saturated carbocycles. The third-order valence-corrected chi connectivity index (χ3v) is 5.74. The highest BCUT2D eigenvalue weighted by Gasteiger charge is 2.35. The number of hydrogen-bond acceptors (Lipinski definition) is 4. The lowest BCUT2D eigenvalue weighted by atomic mass is 9.90. The Morgan fingerprint density at radius 3 is 2.68 bits per heavy atom. The minimum Gasteiger partial charge on any atom is -0.459 e. The number of benzene rings is 1. The second-order valence-electron chi connectivity index (χ2n) is 7.89. The Hall–Kier alpha value is -1.98. The van der Waals surface area contributed by atoms with Crippen molar-refractivity contribution in [3.05, 3.63) is 60.0 Å². The first-order valence-corrected chi connectivity index (χ1v) is 10.2. The van der Waals surface area contributed by atoms with Crippen LogP contribution >= 0.6 is 0 Å². The number of ether oxygens (including phenoxy) is 1. The molecule has 0 unspecified atom stereocenters. The first-order chi connectivity index (χ1) is 13.5. The molecule has 2 N–H and O–H groups in total. The van der Waals surface area contributed by atoms with Gasteiger partial charge in [0.2, 0.25) is 0 Å². The van der Waals surface area contributed by atoms with Gasteiger partial charge in [-0.15, -0.1) is 0 Å². The van der Waals surface area contributed by atoms with Crippen molar-refractivity contribution >= 4 is 5.97 Å². The largest absolute Gasteiger partial charge is 0.459 e. The van der Waals surface area contributed by atoms with Crippen molar-refractivity contribution in [2.75, 3.05) is 0 Å². The van der Waals surface area contributed by atoms with Crippen LogP contribution < -0.4 is 0 Å². The van der Waals surface area contributed by atoms with E-state index in [9.17, 15) is 19.4 Å². The first kappa shape index (κ1) is 20.7. The normalized spacial score (nSPS) is 33.7. The molecule has 0 aromatic heterocycles. The van der Waals surface area contributed by atoms with Crippen LogP contribution in [0, 0.1) is 17.7 Å². The average molecular weight is 388 g/mol. The van der Waals surface area contributed by atoms with Crippen molar-refractivity contribution in [2.45, 2.75) is 63.3 Å². The molecule has 3 rings (SSSR count). The summed E-state index contributed by atoms with van der Waals surface area (Å²) in [6.07, 6.45) is 10.7. The number of cyclic esters (lactones) is 1. The van der Waals surface area contributed by atoms with Crippen molar-refractivity contribution in [2.24, 2.45) is 11.8 Å². The number of aliphatic hydroxyl groups is 2. The van der Waals surface area contributed by atoms with Gasteiger partial charge in [-0.25, -0.2) is 9.18 Å². The van der Waals surface area contributed by atoms with Crippen molar-refractivity contribution < 1.29 is 24.1 Å². The molecule has 0 amide bonds. The molecule has 1 aliphatic heterocycles. The highest BCUT2D eigenvalue weighted by molar-refractivity contribution is 5.82. The number of allylic oxidation sites excluding steroid dienone is 2.